The summed E-state index contributed by atoms with van der Waals surface area (Å²) < 4.78 is 5.09. The van der Waals surface area contributed by atoms with Gasteiger partial charge in [0.25, 0.3) is 0 Å². The van der Waals surface area contributed by atoms with Crippen molar-refractivity contribution in [2.75, 3.05) is 60.2 Å². The van der Waals surface area contributed by atoms with Crippen LogP contribution in [0, 0.1) is 0 Å². The molecule has 4 fully saturated rings. The van der Waals surface area contributed by atoms with E-state index in [1.807, 2.05) is 0 Å². The van der Waals surface area contributed by atoms with Crippen molar-refractivity contribution in [1.82, 2.24) is 20.4 Å². The van der Waals surface area contributed by atoms with Gasteiger partial charge in [-0.1, -0.05) is 0 Å². The molecule has 27 heavy (non-hydrogen) atoms. The summed E-state index contributed by atoms with van der Waals surface area (Å²) in [5, 5.41) is 7.03. The van der Waals surface area contributed by atoms with Crippen LogP contribution in [0.2, 0.25) is 0 Å². The van der Waals surface area contributed by atoms with Gasteiger partial charge in [0.15, 0.2) is 0 Å². The van der Waals surface area contributed by atoms with Crippen molar-refractivity contribution < 1.29 is 4.74 Å². The predicted octanol–water partition coefficient (Wildman–Crippen LogP) is 1.09. The minimum Gasteiger partial charge on any atom is -0.363 e. The Morgan fingerprint density at radius 3 is 2.48 bits per heavy atom. The maximum atomic E-state index is 5.09. The Morgan fingerprint density at radius 2 is 1.93 bits per heavy atom. The zero-order valence-corrected chi connectivity index (χ0v) is 17.0. The van der Waals surface area contributed by atoms with Crippen LogP contribution in [0.4, 0.5) is 0 Å². The van der Waals surface area contributed by atoms with Gasteiger partial charge in [0, 0.05) is 44.4 Å². The van der Waals surface area contributed by atoms with Gasteiger partial charge in [-0.05, 0) is 65.5 Å². The number of fused-ring (bicyclic) bond motifs is 2. The van der Waals surface area contributed by atoms with E-state index in [4.69, 9.17) is 4.74 Å². The quantitative estimate of drug-likeness (QED) is 0.719. The number of hydrogen-bond acceptors (Lipinski definition) is 7. The van der Waals surface area contributed by atoms with Crippen molar-refractivity contribution in [3.05, 3.63) is 11.4 Å². The number of hydrogen-bond donors (Lipinski definition) is 2. The third kappa shape index (κ3) is 5.60. The number of methoxy groups -OCH3 is 1. The Morgan fingerprint density at radius 1 is 1.22 bits per heavy atom. The maximum absolute atomic E-state index is 5.09. The minimum absolute atomic E-state index is 0.401. The van der Waals surface area contributed by atoms with Crippen LogP contribution in [0.15, 0.2) is 21.4 Å². The van der Waals surface area contributed by atoms with E-state index in [0.717, 1.165) is 44.1 Å². The van der Waals surface area contributed by atoms with E-state index >= 15 is 0 Å². The van der Waals surface area contributed by atoms with Crippen LogP contribution >= 0.6 is 0 Å². The molecule has 2 N–H and O–H groups in total. The van der Waals surface area contributed by atoms with Gasteiger partial charge in [-0.25, -0.2) is 4.99 Å². The van der Waals surface area contributed by atoms with E-state index in [0.29, 0.717) is 18.8 Å². The summed E-state index contributed by atoms with van der Waals surface area (Å²) in [6.45, 7) is 10.7. The number of nitrogens with zero attached hydrogens (tertiary/aromatic N) is 4. The summed E-state index contributed by atoms with van der Waals surface area (Å²) in [5.41, 5.74) is 2.30. The van der Waals surface area contributed by atoms with Gasteiger partial charge in [0.2, 0.25) is 0 Å². The largest absolute Gasteiger partial charge is 0.363 e. The van der Waals surface area contributed by atoms with Crippen molar-refractivity contribution in [3.8, 4) is 0 Å². The fraction of sp³-hybridized carbons (Fsp3) is 0.800. The molecule has 2 bridgehead atoms. The van der Waals surface area contributed by atoms with Crippen molar-refractivity contribution in [3.63, 3.8) is 0 Å². The second-order valence-corrected chi connectivity index (χ2v) is 7.96. The molecule has 0 aromatic heterocycles. The molecule has 4 aliphatic rings. The molecule has 0 aromatic carbocycles. The molecule has 2 unspecified atom stereocenters. The van der Waals surface area contributed by atoms with Gasteiger partial charge in [-0.3, -0.25) is 4.99 Å². The third-order valence-corrected chi connectivity index (χ3v) is 5.84. The number of piperidine rings is 1. The Hall–Kier alpha value is -1.28. The average molecular weight is 377 g/mol. The molecular weight excluding hydrogens is 340 g/mol. The highest BCUT2D eigenvalue weighted by molar-refractivity contribution is 6.03. The van der Waals surface area contributed by atoms with Crippen molar-refractivity contribution in [1.29, 1.82) is 0 Å². The standard InChI is InChI=1S/C15H25N5O.C5H11N/c1-16-15(20-8-11-3-4-12(9-20)19-11)13-5-6-17-7-14(13)18-10-21-2;1-6-4-2-3-5-6/h11-12,17,19H,1,3-10H2,2H3;2-5H2,1H3/b15-13+,18-14-;. The first-order chi connectivity index (χ1) is 13.2. The Balaban J connectivity index is 0.000000299. The topological polar surface area (TPSA) is 64.5 Å². The zero-order chi connectivity index (χ0) is 19.1. The number of rotatable bonds is 4. The molecule has 0 amide bonds. The van der Waals surface area contributed by atoms with Crippen molar-refractivity contribution in [2.45, 2.75) is 44.2 Å². The van der Waals surface area contributed by atoms with Crippen LogP contribution in [-0.2, 0) is 4.74 Å². The molecule has 4 rings (SSSR count). The lowest BCUT2D eigenvalue weighted by atomic mass is 10.0. The summed E-state index contributed by atoms with van der Waals surface area (Å²) in [5.74, 6) is 1.03. The van der Waals surface area contributed by atoms with Gasteiger partial charge >= 0.3 is 0 Å². The molecule has 4 aliphatic heterocycles. The van der Waals surface area contributed by atoms with Gasteiger partial charge in [0.1, 0.15) is 12.6 Å². The molecule has 4 heterocycles. The van der Waals surface area contributed by atoms with Gasteiger partial charge in [-0.2, -0.15) is 0 Å². The fourth-order valence-corrected chi connectivity index (χ4v) is 4.44. The summed E-state index contributed by atoms with van der Waals surface area (Å²) in [4.78, 5) is 13.7. The van der Waals surface area contributed by atoms with Crippen LogP contribution < -0.4 is 10.6 Å². The molecule has 0 radical (unpaired) electrons. The van der Waals surface area contributed by atoms with Crippen LogP contribution in [0.5, 0.6) is 0 Å². The van der Waals surface area contributed by atoms with Crippen LogP contribution in [0.1, 0.15) is 32.1 Å². The highest BCUT2D eigenvalue weighted by Gasteiger charge is 2.34. The normalized spacial score (nSPS) is 31.6. The number of nitrogens with one attached hydrogen (secondary N) is 2. The van der Waals surface area contributed by atoms with E-state index in [2.05, 4.69) is 44.2 Å². The van der Waals surface area contributed by atoms with Gasteiger partial charge in [0.05, 0.1) is 5.71 Å². The van der Waals surface area contributed by atoms with E-state index in [9.17, 15) is 0 Å². The van der Waals surface area contributed by atoms with E-state index < -0.39 is 0 Å². The Kier molecular flexibility index (Phi) is 7.81. The SMILES string of the molecule is C=N/C(=C1/CCNC/C1=N/COC)N1CC2CCC(C1)N2.CN1CCCC1. The fourth-order valence-electron chi connectivity index (χ4n) is 4.44. The number of ether oxygens (including phenoxy) is 1. The smallest absolute Gasteiger partial charge is 0.137 e. The molecule has 0 aromatic rings. The highest BCUT2D eigenvalue weighted by Crippen LogP contribution is 2.26. The first kappa shape index (κ1) is 20.5. The molecule has 152 valence electrons. The second-order valence-electron chi connectivity index (χ2n) is 7.96. The summed E-state index contributed by atoms with van der Waals surface area (Å²) in [6.07, 6.45) is 6.32. The third-order valence-electron chi connectivity index (χ3n) is 5.84. The summed E-state index contributed by atoms with van der Waals surface area (Å²) in [6, 6.07) is 1.20. The van der Waals surface area contributed by atoms with Crippen molar-refractivity contribution in [2.24, 2.45) is 9.98 Å². The van der Waals surface area contributed by atoms with Gasteiger partial charge in [-0.15, -0.1) is 0 Å². The van der Waals surface area contributed by atoms with Crippen LogP contribution in [0.3, 0.4) is 0 Å². The number of piperazine rings is 1. The lowest BCUT2D eigenvalue weighted by molar-refractivity contribution is 0.208. The molecule has 0 spiro atoms. The van der Waals surface area contributed by atoms with Gasteiger partial charge < -0.3 is 25.2 Å². The van der Waals surface area contributed by atoms with Crippen molar-refractivity contribution >= 4 is 12.4 Å². The molecule has 7 heteroatoms. The molecule has 7 nitrogen and oxygen atoms in total. The molecular formula is C20H36N6O. The summed E-state index contributed by atoms with van der Waals surface area (Å²) >= 11 is 0. The molecule has 2 atom stereocenters. The lowest BCUT2D eigenvalue weighted by Crippen LogP contribution is -2.51. The van der Waals surface area contributed by atoms with E-state index in [1.165, 1.54) is 44.3 Å². The molecule has 4 saturated heterocycles. The maximum Gasteiger partial charge on any atom is 0.137 e. The lowest BCUT2D eigenvalue weighted by Gasteiger charge is -2.36. The highest BCUT2D eigenvalue weighted by atomic mass is 16.5. The number of aliphatic imine (C=N–C) groups is 2. The Bertz CT molecular complexity index is 543. The first-order valence-electron chi connectivity index (χ1n) is 10.3. The van der Waals surface area contributed by atoms with Crippen LogP contribution in [-0.4, -0.2) is 94.5 Å². The second kappa shape index (κ2) is 10.3. The minimum atomic E-state index is 0.401. The van der Waals surface area contributed by atoms with E-state index in [1.54, 1.807) is 7.11 Å². The molecule has 0 saturated carbocycles. The molecule has 0 aliphatic carbocycles. The first-order valence-corrected chi connectivity index (χ1v) is 10.3. The monoisotopic (exact) mass is 376 g/mol. The zero-order valence-electron chi connectivity index (χ0n) is 17.0. The summed E-state index contributed by atoms with van der Waals surface area (Å²) in [7, 11) is 3.84. The van der Waals surface area contributed by atoms with Crippen LogP contribution in [0.25, 0.3) is 0 Å². The predicted molar refractivity (Wildman–Crippen MR) is 112 cm³/mol. The average Bonchev–Trinajstić information content (AvgIpc) is 3.30. The number of likely N-dealkylation sites (tertiary alicyclic amines) is 2. The Labute approximate surface area is 163 Å². The van der Waals surface area contributed by atoms with E-state index in [-0.39, 0.29) is 0 Å².